The van der Waals surface area contributed by atoms with Gasteiger partial charge in [0.1, 0.15) is 10.6 Å². The lowest BCUT2D eigenvalue weighted by molar-refractivity contribution is -0.126. The second-order valence-electron chi connectivity index (χ2n) is 8.46. The van der Waals surface area contributed by atoms with Gasteiger partial charge in [-0.3, -0.25) is 4.79 Å². The van der Waals surface area contributed by atoms with Crippen LogP contribution < -0.4 is 10.2 Å². The molecule has 1 amide bonds. The number of sulfonamides is 1. The zero-order valence-electron chi connectivity index (χ0n) is 18.9. The monoisotopic (exact) mass is 448 g/mol. The summed E-state index contributed by atoms with van der Waals surface area (Å²) in [5.74, 6) is 0.284. The number of piperidine rings is 1. The maximum absolute atomic E-state index is 13.0. The molecule has 1 fully saturated rings. The highest BCUT2D eigenvalue weighted by Gasteiger charge is 2.36. The third-order valence-corrected chi connectivity index (χ3v) is 8.25. The number of carbonyl (C=O) groups is 1. The molecule has 3 rings (SSSR count). The molecule has 1 aromatic carbocycles. The Morgan fingerprint density at radius 1 is 1.23 bits per heavy atom. The van der Waals surface area contributed by atoms with Gasteiger partial charge in [0.15, 0.2) is 5.76 Å². The Kier molecular flexibility index (Phi) is 7.06. The third-order valence-electron chi connectivity index (χ3n) is 6.10. The standard InChI is InChI=1S/C22H32N4O4S/c1-15(22(27)23-14-18-6-8-20(9-7-18)25(4)5)19-10-12-26(13-11-19)31(28,29)21-16(2)24-30-17(21)3/h6-9,15,19H,10-14H2,1-5H3,(H,23,27)/t15-/m0/s1. The van der Waals surface area contributed by atoms with Gasteiger partial charge in [-0.25, -0.2) is 8.42 Å². The van der Waals surface area contributed by atoms with E-state index in [4.69, 9.17) is 4.52 Å². The molecule has 9 heteroatoms. The smallest absolute Gasteiger partial charge is 0.248 e. The number of nitrogens with zero attached hydrogens (tertiary/aromatic N) is 3. The van der Waals surface area contributed by atoms with Crippen molar-refractivity contribution in [1.29, 1.82) is 0 Å². The first kappa shape index (κ1) is 23.3. The number of nitrogens with one attached hydrogen (secondary N) is 1. The number of benzene rings is 1. The molecule has 0 spiro atoms. The van der Waals surface area contributed by atoms with Crippen LogP contribution in [0.3, 0.4) is 0 Å². The van der Waals surface area contributed by atoms with E-state index in [1.807, 2.05) is 50.2 Å². The van der Waals surface area contributed by atoms with Crippen LogP contribution in [0.1, 0.15) is 36.8 Å². The number of aromatic nitrogens is 1. The Morgan fingerprint density at radius 2 is 1.84 bits per heavy atom. The van der Waals surface area contributed by atoms with E-state index in [-0.39, 0.29) is 22.6 Å². The molecule has 2 heterocycles. The van der Waals surface area contributed by atoms with Crippen LogP contribution in [0.5, 0.6) is 0 Å². The minimum Gasteiger partial charge on any atom is -0.378 e. The maximum atomic E-state index is 13.0. The maximum Gasteiger partial charge on any atom is 0.248 e. The van der Waals surface area contributed by atoms with E-state index in [1.165, 1.54) is 4.31 Å². The first-order valence-corrected chi connectivity index (χ1v) is 12.0. The first-order valence-electron chi connectivity index (χ1n) is 10.6. The van der Waals surface area contributed by atoms with E-state index in [1.54, 1.807) is 13.8 Å². The molecule has 1 saturated heterocycles. The van der Waals surface area contributed by atoms with Crippen LogP contribution in [-0.4, -0.2) is 51.0 Å². The fraction of sp³-hybridized carbons (Fsp3) is 0.545. The number of carbonyl (C=O) groups excluding carboxylic acids is 1. The van der Waals surface area contributed by atoms with E-state index in [0.29, 0.717) is 43.9 Å². The minimum atomic E-state index is -3.63. The number of rotatable bonds is 7. The molecule has 1 N–H and O–H groups in total. The molecule has 0 bridgehead atoms. The van der Waals surface area contributed by atoms with E-state index in [9.17, 15) is 13.2 Å². The molecule has 2 aromatic rings. The van der Waals surface area contributed by atoms with Crippen LogP contribution in [0.15, 0.2) is 33.7 Å². The highest BCUT2D eigenvalue weighted by atomic mass is 32.2. The van der Waals surface area contributed by atoms with Gasteiger partial charge in [-0.05, 0) is 50.3 Å². The van der Waals surface area contributed by atoms with Gasteiger partial charge in [-0.15, -0.1) is 0 Å². The van der Waals surface area contributed by atoms with Crippen LogP contribution >= 0.6 is 0 Å². The fourth-order valence-corrected chi connectivity index (χ4v) is 5.83. The predicted octanol–water partition coefficient (Wildman–Crippen LogP) is 2.71. The van der Waals surface area contributed by atoms with Crippen molar-refractivity contribution in [1.82, 2.24) is 14.8 Å². The van der Waals surface area contributed by atoms with Crippen LogP contribution in [0.25, 0.3) is 0 Å². The van der Waals surface area contributed by atoms with Crippen molar-refractivity contribution < 1.29 is 17.7 Å². The van der Waals surface area contributed by atoms with Crippen LogP contribution in [0, 0.1) is 25.7 Å². The summed E-state index contributed by atoms with van der Waals surface area (Å²) < 4.78 is 32.5. The van der Waals surface area contributed by atoms with Crippen LogP contribution in [-0.2, 0) is 21.4 Å². The van der Waals surface area contributed by atoms with Gasteiger partial charge in [0.2, 0.25) is 15.9 Å². The van der Waals surface area contributed by atoms with Gasteiger partial charge in [0.25, 0.3) is 0 Å². The molecule has 1 aromatic heterocycles. The zero-order valence-corrected chi connectivity index (χ0v) is 19.7. The van der Waals surface area contributed by atoms with Crippen LogP contribution in [0.2, 0.25) is 0 Å². The fourth-order valence-electron chi connectivity index (χ4n) is 4.06. The number of aryl methyl sites for hydroxylation is 2. The molecule has 0 unspecified atom stereocenters. The summed E-state index contributed by atoms with van der Waals surface area (Å²) in [5, 5.41) is 6.78. The lowest BCUT2D eigenvalue weighted by Gasteiger charge is -2.33. The highest BCUT2D eigenvalue weighted by Crippen LogP contribution is 2.30. The number of anilines is 1. The molecule has 0 aliphatic carbocycles. The Bertz CT molecular complexity index is 987. The Morgan fingerprint density at radius 3 is 2.35 bits per heavy atom. The van der Waals surface area contributed by atoms with Gasteiger partial charge in [0.05, 0.1) is 0 Å². The lowest BCUT2D eigenvalue weighted by Crippen LogP contribution is -2.42. The topological polar surface area (TPSA) is 95.8 Å². The second kappa shape index (κ2) is 9.40. The first-order chi connectivity index (χ1) is 14.6. The molecule has 0 saturated carbocycles. The Labute approximate surface area is 184 Å². The summed E-state index contributed by atoms with van der Waals surface area (Å²) >= 11 is 0. The van der Waals surface area contributed by atoms with Crippen molar-refractivity contribution in [2.45, 2.75) is 45.1 Å². The predicted molar refractivity (Wildman–Crippen MR) is 119 cm³/mol. The van der Waals surface area contributed by atoms with Crippen molar-refractivity contribution >= 4 is 21.6 Å². The number of hydrogen-bond donors (Lipinski definition) is 1. The largest absolute Gasteiger partial charge is 0.378 e. The summed E-state index contributed by atoms with van der Waals surface area (Å²) in [5.41, 5.74) is 2.54. The molecule has 1 atom stereocenters. The molecular weight excluding hydrogens is 416 g/mol. The molecule has 1 aliphatic rings. The quantitative estimate of drug-likeness (QED) is 0.700. The summed E-state index contributed by atoms with van der Waals surface area (Å²) in [6.07, 6.45) is 1.30. The average Bonchev–Trinajstić information content (AvgIpc) is 3.10. The van der Waals surface area contributed by atoms with Crippen molar-refractivity contribution in [3.63, 3.8) is 0 Å². The molecular formula is C22H32N4O4S. The van der Waals surface area contributed by atoms with Crippen molar-refractivity contribution in [2.75, 3.05) is 32.1 Å². The van der Waals surface area contributed by atoms with Crippen LogP contribution in [0.4, 0.5) is 5.69 Å². The molecule has 0 radical (unpaired) electrons. The summed E-state index contributed by atoms with van der Waals surface area (Å²) in [6.45, 7) is 6.43. The minimum absolute atomic E-state index is 0.00344. The van der Waals surface area contributed by atoms with Gasteiger partial charge in [0, 0.05) is 45.3 Å². The van der Waals surface area contributed by atoms with E-state index in [2.05, 4.69) is 10.5 Å². The average molecular weight is 449 g/mol. The lowest BCUT2D eigenvalue weighted by atomic mass is 9.85. The highest BCUT2D eigenvalue weighted by molar-refractivity contribution is 7.89. The second-order valence-corrected chi connectivity index (χ2v) is 10.3. The molecule has 1 aliphatic heterocycles. The number of amides is 1. The van der Waals surface area contributed by atoms with Gasteiger partial charge >= 0.3 is 0 Å². The van der Waals surface area contributed by atoms with Crippen molar-refractivity contribution in [3.8, 4) is 0 Å². The summed E-state index contributed by atoms with van der Waals surface area (Å²) in [7, 11) is 0.347. The van der Waals surface area contributed by atoms with Gasteiger partial charge in [-0.2, -0.15) is 4.31 Å². The third kappa shape index (κ3) is 5.10. The molecule has 170 valence electrons. The van der Waals surface area contributed by atoms with E-state index >= 15 is 0 Å². The SMILES string of the molecule is Cc1noc(C)c1S(=O)(=O)N1CCC([C@H](C)C(=O)NCc2ccc(N(C)C)cc2)CC1. The summed E-state index contributed by atoms with van der Waals surface area (Å²) in [4.78, 5) is 14.9. The van der Waals surface area contributed by atoms with E-state index < -0.39 is 10.0 Å². The summed E-state index contributed by atoms with van der Waals surface area (Å²) in [6, 6.07) is 8.08. The van der Waals surface area contributed by atoms with Gasteiger partial charge < -0.3 is 14.7 Å². The zero-order chi connectivity index (χ0) is 22.8. The van der Waals surface area contributed by atoms with E-state index in [0.717, 1.165) is 11.3 Å². The Hall–Kier alpha value is -2.39. The Balaban J connectivity index is 1.53. The normalized spacial score (nSPS) is 16.8. The molecule has 8 nitrogen and oxygen atoms in total. The van der Waals surface area contributed by atoms with Gasteiger partial charge in [-0.1, -0.05) is 24.2 Å². The molecule has 31 heavy (non-hydrogen) atoms. The number of hydrogen-bond acceptors (Lipinski definition) is 6. The van der Waals surface area contributed by atoms with Crippen molar-refractivity contribution in [2.24, 2.45) is 11.8 Å². The van der Waals surface area contributed by atoms with Crippen molar-refractivity contribution in [3.05, 3.63) is 41.3 Å².